The largest absolute Gasteiger partial charge is 0.468 e. The normalized spacial score (nSPS) is 11.9. The van der Waals surface area contributed by atoms with E-state index in [1.165, 1.54) is 7.11 Å². The average Bonchev–Trinajstić information content (AvgIpc) is 2.19. The Morgan fingerprint density at radius 3 is 2.14 bits per heavy atom. The first kappa shape index (κ1) is 13.4. The third-order valence-corrected chi connectivity index (χ3v) is 2.63. The van der Waals surface area contributed by atoms with E-state index in [0.29, 0.717) is 5.92 Å². The van der Waals surface area contributed by atoms with Crippen LogP contribution in [0.3, 0.4) is 0 Å². The summed E-state index contributed by atoms with van der Waals surface area (Å²) < 4.78 is 4.83. The van der Waals surface area contributed by atoms with Crippen molar-refractivity contribution in [3.05, 3.63) is 0 Å². The summed E-state index contributed by atoms with van der Waals surface area (Å²) >= 11 is 0. The van der Waals surface area contributed by atoms with Crippen molar-refractivity contribution < 1.29 is 9.53 Å². The fraction of sp³-hybridized carbons (Fsp3) is 0.909. The number of carbonyl (C=O) groups excluding carboxylic acids is 1. The molecule has 0 aliphatic carbocycles. The van der Waals surface area contributed by atoms with Crippen molar-refractivity contribution in [2.24, 2.45) is 5.92 Å². The van der Waals surface area contributed by atoms with Crippen LogP contribution in [0.25, 0.3) is 0 Å². The number of nitrogens with one attached hydrogen (secondary N) is 1. The first-order chi connectivity index (χ1) is 6.52. The maximum absolute atomic E-state index is 11.6. The molecule has 0 aliphatic heterocycles. The molecular weight excluding hydrogens is 178 g/mol. The smallest absolute Gasteiger partial charge is 0.326 e. The van der Waals surface area contributed by atoms with Crippen LogP contribution in [-0.4, -0.2) is 25.2 Å². The number of carbonyl (C=O) groups is 1. The van der Waals surface area contributed by atoms with Crippen molar-refractivity contribution in [1.82, 2.24) is 5.32 Å². The van der Waals surface area contributed by atoms with Crippen LogP contribution < -0.4 is 5.32 Å². The highest BCUT2D eigenvalue weighted by molar-refractivity contribution is 5.80. The number of esters is 1. The van der Waals surface area contributed by atoms with Crippen molar-refractivity contribution in [3.63, 3.8) is 0 Å². The SMILES string of the molecule is CCC(CC)(NCC(C)C)C(=O)OC. The van der Waals surface area contributed by atoms with Gasteiger partial charge >= 0.3 is 5.97 Å². The first-order valence-electron chi connectivity index (χ1n) is 5.35. The fourth-order valence-corrected chi connectivity index (χ4v) is 1.46. The van der Waals surface area contributed by atoms with E-state index in [4.69, 9.17) is 4.74 Å². The molecule has 3 nitrogen and oxygen atoms in total. The molecule has 0 amide bonds. The van der Waals surface area contributed by atoms with Crippen LogP contribution in [0.2, 0.25) is 0 Å². The van der Waals surface area contributed by atoms with Gasteiger partial charge in [0.05, 0.1) is 7.11 Å². The first-order valence-corrected chi connectivity index (χ1v) is 5.35. The zero-order valence-electron chi connectivity index (χ0n) is 10.0. The number of hydrogen-bond donors (Lipinski definition) is 1. The molecule has 0 unspecified atom stereocenters. The van der Waals surface area contributed by atoms with Gasteiger partial charge < -0.3 is 10.1 Å². The minimum Gasteiger partial charge on any atom is -0.468 e. The van der Waals surface area contributed by atoms with Gasteiger partial charge in [0.1, 0.15) is 5.54 Å². The third-order valence-electron chi connectivity index (χ3n) is 2.63. The van der Waals surface area contributed by atoms with E-state index < -0.39 is 5.54 Å². The maximum atomic E-state index is 11.6. The van der Waals surface area contributed by atoms with Gasteiger partial charge in [0.2, 0.25) is 0 Å². The van der Waals surface area contributed by atoms with Crippen LogP contribution in [0.4, 0.5) is 0 Å². The molecule has 0 rings (SSSR count). The lowest BCUT2D eigenvalue weighted by molar-refractivity contribution is -0.149. The maximum Gasteiger partial charge on any atom is 0.326 e. The van der Waals surface area contributed by atoms with E-state index in [1.807, 2.05) is 13.8 Å². The Balaban J connectivity index is 4.45. The van der Waals surface area contributed by atoms with Gasteiger partial charge in [-0.25, -0.2) is 0 Å². The highest BCUT2D eigenvalue weighted by atomic mass is 16.5. The van der Waals surface area contributed by atoms with E-state index in [-0.39, 0.29) is 5.97 Å². The summed E-state index contributed by atoms with van der Waals surface area (Å²) in [5.74, 6) is 0.389. The van der Waals surface area contributed by atoms with Crippen LogP contribution in [0.1, 0.15) is 40.5 Å². The van der Waals surface area contributed by atoms with Crippen LogP contribution in [0.15, 0.2) is 0 Å². The minimum absolute atomic E-state index is 0.150. The lowest BCUT2D eigenvalue weighted by Gasteiger charge is -2.30. The monoisotopic (exact) mass is 201 g/mol. The fourth-order valence-electron chi connectivity index (χ4n) is 1.46. The highest BCUT2D eigenvalue weighted by Gasteiger charge is 2.35. The van der Waals surface area contributed by atoms with Crippen LogP contribution >= 0.6 is 0 Å². The molecule has 0 spiro atoms. The Labute approximate surface area is 87.2 Å². The molecule has 0 aromatic rings. The predicted octanol–water partition coefficient (Wildman–Crippen LogP) is 1.96. The molecule has 0 aromatic carbocycles. The quantitative estimate of drug-likeness (QED) is 0.668. The zero-order chi connectivity index (χ0) is 11.2. The van der Waals surface area contributed by atoms with Gasteiger partial charge in [0, 0.05) is 0 Å². The Bertz CT molecular complexity index is 174. The number of methoxy groups -OCH3 is 1. The van der Waals surface area contributed by atoms with Gasteiger partial charge in [-0.1, -0.05) is 27.7 Å². The Hall–Kier alpha value is -0.570. The van der Waals surface area contributed by atoms with Crippen molar-refractivity contribution in [2.45, 2.75) is 46.1 Å². The number of rotatable bonds is 6. The highest BCUT2D eigenvalue weighted by Crippen LogP contribution is 2.17. The second kappa shape index (κ2) is 6.02. The summed E-state index contributed by atoms with van der Waals surface area (Å²) in [7, 11) is 1.44. The van der Waals surface area contributed by atoms with E-state index in [0.717, 1.165) is 19.4 Å². The van der Waals surface area contributed by atoms with Crippen LogP contribution in [0, 0.1) is 5.92 Å². The molecule has 14 heavy (non-hydrogen) atoms. The van der Waals surface area contributed by atoms with E-state index in [2.05, 4.69) is 19.2 Å². The molecule has 0 aromatic heterocycles. The van der Waals surface area contributed by atoms with E-state index in [9.17, 15) is 4.79 Å². The second-order valence-electron chi connectivity index (χ2n) is 4.06. The molecule has 0 atom stereocenters. The van der Waals surface area contributed by atoms with Gasteiger partial charge in [0.15, 0.2) is 0 Å². The molecule has 0 radical (unpaired) electrons. The molecule has 84 valence electrons. The number of hydrogen-bond acceptors (Lipinski definition) is 3. The summed E-state index contributed by atoms with van der Waals surface area (Å²) in [4.78, 5) is 11.6. The topological polar surface area (TPSA) is 38.3 Å². The summed E-state index contributed by atoms with van der Waals surface area (Å²) in [6.45, 7) is 9.11. The lowest BCUT2D eigenvalue weighted by Crippen LogP contribution is -2.52. The van der Waals surface area contributed by atoms with Crippen LogP contribution in [0.5, 0.6) is 0 Å². The second-order valence-corrected chi connectivity index (χ2v) is 4.06. The molecule has 0 fully saturated rings. The summed E-state index contributed by atoms with van der Waals surface area (Å²) in [6.07, 6.45) is 1.53. The summed E-state index contributed by atoms with van der Waals surface area (Å²) in [5.41, 5.74) is -0.487. The van der Waals surface area contributed by atoms with E-state index >= 15 is 0 Å². The molecule has 0 heterocycles. The third kappa shape index (κ3) is 3.29. The Morgan fingerprint density at radius 2 is 1.86 bits per heavy atom. The molecule has 0 aliphatic rings. The van der Waals surface area contributed by atoms with E-state index in [1.54, 1.807) is 0 Å². The average molecular weight is 201 g/mol. The molecule has 3 heteroatoms. The molecule has 0 bridgehead atoms. The van der Waals surface area contributed by atoms with Crippen molar-refractivity contribution in [2.75, 3.05) is 13.7 Å². The predicted molar refractivity (Wildman–Crippen MR) is 58.2 cm³/mol. The lowest BCUT2D eigenvalue weighted by atomic mass is 9.92. The molecular formula is C11H23NO2. The Morgan fingerprint density at radius 1 is 1.36 bits per heavy atom. The van der Waals surface area contributed by atoms with Gasteiger partial charge in [-0.15, -0.1) is 0 Å². The Kier molecular flexibility index (Phi) is 5.77. The minimum atomic E-state index is -0.487. The van der Waals surface area contributed by atoms with Gasteiger partial charge in [-0.2, -0.15) is 0 Å². The van der Waals surface area contributed by atoms with Crippen molar-refractivity contribution in [1.29, 1.82) is 0 Å². The van der Waals surface area contributed by atoms with Gasteiger partial charge in [-0.05, 0) is 25.3 Å². The van der Waals surface area contributed by atoms with Crippen LogP contribution in [-0.2, 0) is 9.53 Å². The molecule has 1 N–H and O–H groups in total. The number of ether oxygens (including phenoxy) is 1. The molecule has 0 saturated carbocycles. The summed E-state index contributed by atoms with van der Waals surface area (Å²) in [5, 5.41) is 3.31. The van der Waals surface area contributed by atoms with Crippen molar-refractivity contribution in [3.8, 4) is 0 Å². The van der Waals surface area contributed by atoms with Gasteiger partial charge in [0.25, 0.3) is 0 Å². The zero-order valence-corrected chi connectivity index (χ0v) is 10.0. The standard InChI is InChI=1S/C11H23NO2/c1-6-11(7-2,10(13)14-5)12-8-9(3)4/h9,12H,6-8H2,1-5H3. The molecule has 0 saturated heterocycles. The van der Waals surface area contributed by atoms with Crippen molar-refractivity contribution >= 4 is 5.97 Å². The summed E-state index contributed by atoms with van der Waals surface area (Å²) in [6, 6.07) is 0. The van der Waals surface area contributed by atoms with Gasteiger partial charge in [-0.3, -0.25) is 4.79 Å².